The number of alkyl halides is 1. The van der Waals surface area contributed by atoms with Crippen molar-refractivity contribution in [1.29, 1.82) is 0 Å². The minimum Gasteiger partial charge on any atom is -0.351 e. The maximum Gasteiger partial charge on any atom is 0.251 e. The maximum absolute atomic E-state index is 11.8. The zero-order valence-corrected chi connectivity index (χ0v) is 11.1. The standard InChI is InChI=1S/C12H13BrClNO/c13-10-3-1-9(2-4-10)11(16)15-8-12(7-14)5-6-12/h1-4H,5-8H2,(H,15,16). The number of carbonyl (C=O) groups is 1. The summed E-state index contributed by atoms with van der Waals surface area (Å²) in [6.45, 7) is 0.686. The highest BCUT2D eigenvalue weighted by Gasteiger charge is 2.41. The molecule has 1 amide bonds. The molecule has 0 aromatic heterocycles. The van der Waals surface area contributed by atoms with E-state index < -0.39 is 0 Å². The van der Waals surface area contributed by atoms with Crippen molar-refractivity contribution in [3.05, 3.63) is 34.3 Å². The van der Waals surface area contributed by atoms with E-state index in [1.807, 2.05) is 12.1 Å². The number of amides is 1. The lowest BCUT2D eigenvalue weighted by molar-refractivity contribution is 0.0946. The van der Waals surface area contributed by atoms with Crippen molar-refractivity contribution in [2.45, 2.75) is 12.8 Å². The molecule has 1 aliphatic carbocycles. The van der Waals surface area contributed by atoms with Gasteiger partial charge >= 0.3 is 0 Å². The maximum atomic E-state index is 11.8. The van der Waals surface area contributed by atoms with Gasteiger partial charge in [0.25, 0.3) is 5.91 Å². The topological polar surface area (TPSA) is 29.1 Å². The minimum absolute atomic E-state index is 0.0242. The molecule has 1 saturated carbocycles. The molecule has 0 saturated heterocycles. The molecule has 2 rings (SSSR count). The van der Waals surface area contributed by atoms with Crippen molar-refractivity contribution in [2.75, 3.05) is 12.4 Å². The molecule has 86 valence electrons. The van der Waals surface area contributed by atoms with Gasteiger partial charge in [-0.25, -0.2) is 0 Å². The first-order chi connectivity index (χ1) is 7.65. The third-order valence-corrected chi connectivity index (χ3v) is 4.07. The molecule has 0 atom stereocenters. The fraction of sp³-hybridized carbons (Fsp3) is 0.417. The molecule has 0 bridgehead atoms. The summed E-state index contributed by atoms with van der Waals surface area (Å²) in [6.07, 6.45) is 2.24. The van der Waals surface area contributed by atoms with Crippen LogP contribution in [0.1, 0.15) is 23.2 Å². The summed E-state index contributed by atoms with van der Waals surface area (Å²) < 4.78 is 0.975. The van der Waals surface area contributed by atoms with Crippen molar-refractivity contribution in [1.82, 2.24) is 5.32 Å². The van der Waals surface area contributed by atoms with Crippen molar-refractivity contribution in [3.63, 3.8) is 0 Å². The number of nitrogens with one attached hydrogen (secondary N) is 1. The lowest BCUT2D eigenvalue weighted by Crippen LogP contribution is -2.30. The number of benzene rings is 1. The van der Waals surface area contributed by atoms with Crippen molar-refractivity contribution in [3.8, 4) is 0 Å². The van der Waals surface area contributed by atoms with Crippen molar-refractivity contribution < 1.29 is 4.79 Å². The first kappa shape index (κ1) is 11.9. The Labute approximate surface area is 108 Å². The monoisotopic (exact) mass is 301 g/mol. The van der Waals surface area contributed by atoms with Crippen LogP contribution >= 0.6 is 27.5 Å². The SMILES string of the molecule is O=C(NCC1(CCl)CC1)c1ccc(Br)cc1. The fourth-order valence-electron chi connectivity index (χ4n) is 1.51. The van der Waals surface area contributed by atoms with Crippen molar-refractivity contribution in [2.24, 2.45) is 5.41 Å². The van der Waals surface area contributed by atoms with Crippen LogP contribution in [0.2, 0.25) is 0 Å². The van der Waals surface area contributed by atoms with E-state index in [4.69, 9.17) is 11.6 Å². The second kappa shape index (κ2) is 4.76. The van der Waals surface area contributed by atoms with Gasteiger partial charge in [-0.1, -0.05) is 15.9 Å². The molecular weight excluding hydrogens is 289 g/mol. The largest absolute Gasteiger partial charge is 0.351 e. The minimum atomic E-state index is -0.0242. The van der Waals surface area contributed by atoms with Crippen molar-refractivity contribution >= 4 is 33.4 Å². The van der Waals surface area contributed by atoms with Crippen LogP contribution in [0.4, 0.5) is 0 Å². The molecule has 1 aromatic rings. The molecule has 1 aromatic carbocycles. The average Bonchev–Trinajstić information content (AvgIpc) is 3.08. The molecule has 2 nitrogen and oxygen atoms in total. The number of carbonyl (C=O) groups excluding carboxylic acids is 1. The van der Waals surface area contributed by atoms with E-state index in [1.54, 1.807) is 12.1 Å². The van der Waals surface area contributed by atoms with Crippen LogP contribution in [-0.2, 0) is 0 Å². The highest BCUT2D eigenvalue weighted by atomic mass is 79.9. The molecule has 0 heterocycles. The summed E-state index contributed by atoms with van der Waals surface area (Å²) in [6, 6.07) is 7.34. The third kappa shape index (κ3) is 2.77. The van der Waals surface area contributed by atoms with Gasteiger partial charge in [-0.3, -0.25) is 4.79 Å². The van der Waals surface area contributed by atoms with Gasteiger partial charge in [0, 0.05) is 27.9 Å². The number of halogens is 2. The van der Waals surface area contributed by atoms with Crippen LogP contribution in [-0.4, -0.2) is 18.3 Å². The molecule has 1 fully saturated rings. The molecule has 4 heteroatoms. The Morgan fingerprint density at radius 2 is 2.00 bits per heavy atom. The van der Waals surface area contributed by atoms with E-state index in [9.17, 15) is 4.79 Å². The highest BCUT2D eigenvalue weighted by Crippen LogP contribution is 2.45. The number of rotatable bonds is 4. The van der Waals surface area contributed by atoms with Crippen LogP contribution < -0.4 is 5.32 Å². The third-order valence-electron chi connectivity index (χ3n) is 2.97. The van der Waals surface area contributed by atoms with Gasteiger partial charge in [-0.15, -0.1) is 11.6 Å². The van der Waals surface area contributed by atoms with E-state index in [0.29, 0.717) is 18.0 Å². The second-order valence-electron chi connectivity index (χ2n) is 4.32. The van der Waals surface area contributed by atoms with E-state index in [1.165, 1.54) is 0 Å². The van der Waals surface area contributed by atoms with E-state index in [2.05, 4.69) is 21.2 Å². The fourth-order valence-corrected chi connectivity index (χ4v) is 2.13. The zero-order chi connectivity index (χ0) is 11.6. The van der Waals surface area contributed by atoms with Crippen LogP contribution in [0.15, 0.2) is 28.7 Å². The van der Waals surface area contributed by atoms with E-state index in [0.717, 1.165) is 17.3 Å². The predicted molar refractivity (Wildman–Crippen MR) is 68.9 cm³/mol. The van der Waals surface area contributed by atoms with Gasteiger partial charge in [-0.05, 0) is 37.1 Å². The lowest BCUT2D eigenvalue weighted by Gasteiger charge is -2.12. The summed E-state index contributed by atoms with van der Waals surface area (Å²) in [4.78, 5) is 11.8. The smallest absolute Gasteiger partial charge is 0.251 e. The summed E-state index contributed by atoms with van der Waals surface area (Å²) >= 11 is 9.19. The van der Waals surface area contributed by atoms with Gasteiger partial charge in [0.2, 0.25) is 0 Å². The first-order valence-corrected chi connectivity index (χ1v) is 6.58. The number of hydrogen-bond donors (Lipinski definition) is 1. The van der Waals surface area contributed by atoms with Crippen LogP contribution in [0, 0.1) is 5.41 Å². The van der Waals surface area contributed by atoms with Gasteiger partial charge in [0.15, 0.2) is 0 Å². The van der Waals surface area contributed by atoms with E-state index >= 15 is 0 Å². The highest BCUT2D eigenvalue weighted by molar-refractivity contribution is 9.10. The Bertz CT molecular complexity index is 387. The first-order valence-electron chi connectivity index (χ1n) is 5.25. The molecule has 16 heavy (non-hydrogen) atoms. The summed E-state index contributed by atoms with van der Waals surface area (Å²) in [5.74, 6) is 0.608. The molecule has 0 unspecified atom stereocenters. The second-order valence-corrected chi connectivity index (χ2v) is 5.51. The Morgan fingerprint density at radius 3 is 2.50 bits per heavy atom. The quantitative estimate of drug-likeness (QED) is 0.850. The Morgan fingerprint density at radius 1 is 1.38 bits per heavy atom. The molecule has 0 radical (unpaired) electrons. The summed E-state index contributed by atoms with van der Waals surface area (Å²) in [7, 11) is 0. The normalized spacial score (nSPS) is 16.9. The van der Waals surface area contributed by atoms with Gasteiger partial charge < -0.3 is 5.32 Å². The summed E-state index contributed by atoms with van der Waals surface area (Å²) in [5, 5.41) is 2.93. The Hall–Kier alpha value is -0.540. The average molecular weight is 303 g/mol. The Kier molecular flexibility index (Phi) is 3.55. The molecule has 0 aliphatic heterocycles. The van der Waals surface area contributed by atoms with Gasteiger partial charge in [0.05, 0.1) is 0 Å². The molecule has 0 spiro atoms. The van der Waals surface area contributed by atoms with Gasteiger partial charge in [-0.2, -0.15) is 0 Å². The molecule has 1 N–H and O–H groups in total. The Balaban J connectivity index is 1.91. The molecule has 1 aliphatic rings. The van der Waals surface area contributed by atoms with Gasteiger partial charge in [0.1, 0.15) is 0 Å². The van der Waals surface area contributed by atoms with Crippen LogP contribution in [0.25, 0.3) is 0 Å². The predicted octanol–water partition coefficient (Wildman–Crippen LogP) is 3.20. The number of hydrogen-bond acceptors (Lipinski definition) is 1. The molecular formula is C12H13BrClNO. The van der Waals surface area contributed by atoms with E-state index in [-0.39, 0.29) is 11.3 Å². The summed E-state index contributed by atoms with van der Waals surface area (Å²) in [5.41, 5.74) is 0.862. The van der Waals surface area contributed by atoms with Crippen LogP contribution in [0.3, 0.4) is 0 Å². The lowest BCUT2D eigenvalue weighted by atomic mass is 10.1. The zero-order valence-electron chi connectivity index (χ0n) is 8.80. The van der Waals surface area contributed by atoms with Crippen LogP contribution in [0.5, 0.6) is 0 Å².